The third-order valence-electron chi connectivity index (χ3n) is 9.43. The Kier molecular flexibility index (Phi) is 17.2. The van der Waals surface area contributed by atoms with Crippen molar-refractivity contribution in [3.05, 3.63) is 148 Å². The summed E-state index contributed by atoms with van der Waals surface area (Å²) in [6.45, 7) is 1.50. The summed E-state index contributed by atoms with van der Waals surface area (Å²) >= 11 is 0. The first-order valence-electron chi connectivity index (χ1n) is 19.3. The number of benzene rings is 6. The van der Waals surface area contributed by atoms with Crippen molar-refractivity contribution >= 4 is 109 Å². The summed E-state index contributed by atoms with van der Waals surface area (Å²) in [5.74, 6) is -3.38. The van der Waals surface area contributed by atoms with Crippen molar-refractivity contribution in [2.24, 2.45) is 35.8 Å². The maximum absolute atomic E-state index is 13.8. The van der Waals surface area contributed by atoms with Crippen LogP contribution in [0.25, 0.3) is 4.91 Å². The molecule has 361 valence electrons. The van der Waals surface area contributed by atoms with E-state index in [2.05, 4.69) is 51.3 Å². The maximum atomic E-state index is 13.8. The van der Waals surface area contributed by atoms with Crippen LogP contribution in [0.5, 0.6) is 11.5 Å². The number of nitro benzene ring substituents is 1. The summed E-state index contributed by atoms with van der Waals surface area (Å²) in [5, 5.41) is 69.9. The van der Waals surface area contributed by atoms with Crippen LogP contribution in [0.3, 0.4) is 0 Å². The fraction of sp³-hybridized carbons (Fsp3) is 0.0476. The van der Waals surface area contributed by atoms with Gasteiger partial charge in [0.15, 0.2) is 0 Å². The van der Waals surface area contributed by atoms with E-state index in [9.17, 15) is 59.5 Å². The number of nitro groups is 1. The van der Waals surface area contributed by atoms with E-state index in [-0.39, 0.29) is 93.3 Å². The maximum Gasteiger partial charge on any atom is 2.00 e. The van der Waals surface area contributed by atoms with Gasteiger partial charge in [-0.25, -0.2) is 25.3 Å². The van der Waals surface area contributed by atoms with E-state index < -0.39 is 96.3 Å². The number of fused-ring (bicyclic) bond motifs is 1. The second-order valence-electron chi connectivity index (χ2n) is 14.4. The fourth-order valence-corrected chi connectivity index (χ4v) is 8.20. The van der Waals surface area contributed by atoms with Crippen LogP contribution in [0.4, 0.5) is 62.6 Å². The van der Waals surface area contributed by atoms with Gasteiger partial charge in [-0.05, 0) is 79.2 Å². The van der Waals surface area contributed by atoms with E-state index in [1.54, 1.807) is 48.5 Å². The molecular weight excluding hydrogens is 1050 g/mol. The van der Waals surface area contributed by atoms with Crippen molar-refractivity contribution in [3.63, 3.8) is 0 Å². The number of hydrazone groups is 1. The topological polar surface area (TPSA) is 377 Å². The van der Waals surface area contributed by atoms with E-state index in [0.717, 1.165) is 36.6 Å². The van der Waals surface area contributed by atoms with Crippen molar-refractivity contribution in [3.8, 4) is 11.5 Å². The minimum Gasteiger partial charge on any atom is -0.870 e. The molecule has 0 saturated carbocycles. The van der Waals surface area contributed by atoms with Gasteiger partial charge in [-0.3, -0.25) is 25.1 Å². The van der Waals surface area contributed by atoms with Crippen LogP contribution in [-0.2, 0) is 52.1 Å². The van der Waals surface area contributed by atoms with Crippen LogP contribution >= 0.6 is 0 Å². The number of para-hydroxylation sites is 1. The molecule has 0 spiro atoms. The van der Waals surface area contributed by atoms with Gasteiger partial charge in [0.1, 0.15) is 31.6 Å². The van der Waals surface area contributed by atoms with Gasteiger partial charge in [-0.2, -0.15) is 30.7 Å². The van der Waals surface area contributed by atoms with E-state index >= 15 is 0 Å². The summed E-state index contributed by atoms with van der Waals surface area (Å²) in [7, 11) is -14.4. The van der Waals surface area contributed by atoms with Gasteiger partial charge < -0.3 is 24.6 Å². The third-order valence-corrected chi connectivity index (χ3v) is 11.8. The van der Waals surface area contributed by atoms with Gasteiger partial charge in [-0.15, -0.1) is 5.11 Å². The number of hydrogen-bond acceptors (Lipinski definition) is 22. The number of anilines is 4. The number of hydrogen-bond donors (Lipinski definition) is 3. The largest absolute Gasteiger partial charge is 2.00 e. The second-order valence-corrected chi connectivity index (χ2v) is 18.9. The standard InChI is InChI=1S/C42H33N11O13S3.Cu.Na/c1-23-17-32(47-45-26-13-16-30(38(18-26)69(64,65)66)43-24-9-5-3-6-10-24)33(52-67(2,59)60)20-31(23)46-48-34-21-35(42(56)40(41(34)55)51-44-25-11-7-4-8-12-25)49-50-39-28-15-14-27(53(57)58)19-29(28)37(22-36(39)54)68(61,62)63;;/h3-22,43,49,52,55-56H,1-2H3,(H,61,62,63)(H,64,65,66);;/q;+2;+1/p-3/b47-45?,48-46?,50-39+,51-44?;;. The second kappa shape index (κ2) is 22.3. The number of rotatable bonds is 15. The van der Waals surface area contributed by atoms with Crippen LogP contribution in [-0.4, -0.2) is 57.0 Å². The molecule has 24 nitrogen and oxygen atoms in total. The average Bonchev–Trinajstić information content (AvgIpc) is 3.28. The zero-order valence-corrected chi connectivity index (χ0v) is 41.8. The summed E-state index contributed by atoms with van der Waals surface area (Å²) in [5.41, 5.74) is -1.32. The van der Waals surface area contributed by atoms with Gasteiger partial charge in [0.05, 0.1) is 66.5 Å². The molecule has 0 bridgehead atoms. The molecule has 29 heteroatoms. The molecule has 0 amide bonds. The molecule has 6 aromatic rings. The molecule has 0 fully saturated rings. The zero-order valence-electron chi connectivity index (χ0n) is 37.5. The molecule has 1 radical (unpaired) electrons. The van der Waals surface area contributed by atoms with Crippen LogP contribution in [0.2, 0.25) is 0 Å². The minimum absolute atomic E-state index is 0. The Hall–Kier alpha value is -7.11. The molecule has 71 heavy (non-hydrogen) atoms. The summed E-state index contributed by atoms with van der Waals surface area (Å²) in [6, 6.07) is 25.9. The molecule has 0 atom stereocenters. The predicted octanol–water partition coefficient (Wildman–Crippen LogP) is 4.71. The van der Waals surface area contributed by atoms with Crippen molar-refractivity contribution in [1.29, 1.82) is 0 Å². The van der Waals surface area contributed by atoms with E-state index in [1.165, 1.54) is 43.3 Å². The zero-order chi connectivity index (χ0) is 49.8. The Balaban J connectivity index is 0.00000375. The van der Waals surface area contributed by atoms with Gasteiger partial charge in [0.25, 0.3) is 5.69 Å². The smallest absolute Gasteiger partial charge is 0.870 e. The van der Waals surface area contributed by atoms with Crippen LogP contribution in [0.15, 0.2) is 162 Å². The van der Waals surface area contributed by atoms with Gasteiger partial charge in [-0.1, -0.05) is 47.9 Å². The molecule has 0 heterocycles. The fourth-order valence-electron chi connectivity index (χ4n) is 6.30. The number of carbonyl (C=O) groups is 1. The number of ketones is 1. The quantitative estimate of drug-likeness (QED) is 0.0412. The number of sulfonamides is 1. The molecule has 7 rings (SSSR count). The monoisotopic (exact) mass is 1080 g/mol. The molecule has 6 aromatic carbocycles. The number of carbonyl (C=O) groups excluding carboxylic acids is 1. The number of nitrogens with one attached hydrogen (secondary N) is 3. The Morgan fingerprint density at radius 2 is 1.25 bits per heavy atom. The van der Waals surface area contributed by atoms with Gasteiger partial charge in [0, 0.05) is 35.0 Å². The molecule has 0 aromatic heterocycles. The number of nitrogens with zero attached hydrogens (tertiary/aromatic N) is 8. The van der Waals surface area contributed by atoms with E-state index in [1.807, 2.05) is 0 Å². The Labute approximate surface area is 437 Å². The SMILES string of the molecule is Cc1cc(N=Nc2ccc(Nc3ccccc3)c(S(=O)(=O)[O-])c2)c(NS(C)(=O)=O)cc1N=Nc1cc(N/N=C2/C(=O)C=C(S(=O)(=O)[O-])c3cc([N+](=O)[O-])ccc32)c([O-])c(N=Nc2ccccc2)c1[O-].[Cu+2].[H+].[Na+]. The third kappa shape index (κ3) is 13.4. The first-order chi connectivity index (χ1) is 32.6. The first kappa shape index (κ1) is 54.8. The minimum atomic E-state index is -5.35. The van der Waals surface area contributed by atoms with Crippen LogP contribution in [0, 0.1) is 17.0 Å². The van der Waals surface area contributed by atoms with Crippen molar-refractivity contribution in [1.82, 2.24) is 0 Å². The summed E-state index contributed by atoms with van der Waals surface area (Å²) < 4.78 is 100. The Bertz CT molecular complexity index is 3610. The molecular formula is C42H30CuN11NaO13S3. The number of azo groups is 3. The summed E-state index contributed by atoms with van der Waals surface area (Å²) in [6.07, 6.45) is 1.24. The van der Waals surface area contributed by atoms with Crippen molar-refractivity contribution < 1.29 is 102 Å². The van der Waals surface area contributed by atoms with Gasteiger partial charge >= 0.3 is 48.1 Å². The predicted molar refractivity (Wildman–Crippen MR) is 245 cm³/mol. The van der Waals surface area contributed by atoms with Gasteiger partial charge in [0.2, 0.25) is 15.8 Å². The molecule has 0 saturated heterocycles. The number of non-ortho nitro benzene ring substituents is 1. The molecule has 0 unspecified atom stereocenters. The first-order valence-corrected chi connectivity index (χ1v) is 24.0. The molecule has 3 N–H and O–H groups in total. The average molecular weight is 1080 g/mol. The van der Waals surface area contributed by atoms with Crippen LogP contribution in [0.1, 0.15) is 18.1 Å². The summed E-state index contributed by atoms with van der Waals surface area (Å²) in [4.78, 5) is 22.1. The number of aryl methyl sites for hydroxylation is 1. The Morgan fingerprint density at radius 1 is 0.634 bits per heavy atom. The van der Waals surface area contributed by atoms with Crippen molar-refractivity contribution in [2.75, 3.05) is 21.7 Å². The van der Waals surface area contributed by atoms with Crippen molar-refractivity contribution in [2.45, 2.75) is 11.8 Å². The number of allylic oxidation sites excluding steroid dienone is 1. The molecule has 1 aliphatic carbocycles. The van der Waals surface area contributed by atoms with E-state index in [0.29, 0.717) is 11.8 Å². The molecule has 0 aliphatic heterocycles. The normalized spacial score (nSPS) is 13.4. The Morgan fingerprint density at radius 3 is 1.89 bits per heavy atom. The van der Waals surface area contributed by atoms with E-state index in [4.69, 9.17) is 0 Å². The molecule has 1 aliphatic rings. The van der Waals surface area contributed by atoms with Crippen LogP contribution < -0.4 is 55.2 Å².